The zero-order valence-corrected chi connectivity index (χ0v) is 11.6. The first kappa shape index (κ1) is 12.5. The van der Waals surface area contributed by atoms with Crippen LogP contribution in [0.2, 0.25) is 0 Å². The van der Waals surface area contributed by atoms with E-state index in [1.54, 1.807) is 0 Å². The Morgan fingerprint density at radius 2 is 1.90 bits per heavy atom. The van der Waals surface area contributed by atoms with E-state index in [9.17, 15) is 9.59 Å². The average molecular weight is 284 g/mol. The Bertz CT molecular complexity index is 697. The number of para-hydroxylation sites is 1. The molecule has 0 radical (unpaired) electrons. The molecule has 1 amide bonds. The van der Waals surface area contributed by atoms with Crippen molar-refractivity contribution in [3.63, 3.8) is 0 Å². The molecule has 0 aliphatic carbocycles. The standard InChI is InChI=1S/C15H16N4O2/c20-9-10-7-11-5-6-12(8-10)18(11)15(21)19-14-4-2-1-3-13(14)16-17-19/h1-4,9-12H,5-8H2. The van der Waals surface area contributed by atoms with Gasteiger partial charge in [0.05, 0.1) is 5.52 Å². The van der Waals surface area contributed by atoms with E-state index in [0.717, 1.165) is 43.0 Å². The molecule has 0 saturated carbocycles. The predicted octanol–water partition coefficient (Wildman–Crippen LogP) is 1.84. The molecule has 1 aromatic carbocycles. The number of aldehydes is 1. The lowest BCUT2D eigenvalue weighted by atomic mass is 9.92. The number of fused-ring (bicyclic) bond motifs is 3. The Labute approximate surface area is 121 Å². The van der Waals surface area contributed by atoms with Gasteiger partial charge in [-0.25, -0.2) is 4.79 Å². The molecule has 1 aromatic heterocycles. The number of carbonyl (C=O) groups is 2. The summed E-state index contributed by atoms with van der Waals surface area (Å²) in [6.07, 6.45) is 4.55. The van der Waals surface area contributed by atoms with Crippen LogP contribution in [-0.4, -0.2) is 44.3 Å². The predicted molar refractivity (Wildman–Crippen MR) is 75.8 cm³/mol. The van der Waals surface area contributed by atoms with Crippen molar-refractivity contribution in [2.24, 2.45) is 5.92 Å². The van der Waals surface area contributed by atoms with Crippen molar-refractivity contribution in [1.82, 2.24) is 19.9 Å². The second-order valence-corrected chi connectivity index (χ2v) is 5.93. The lowest BCUT2D eigenvalue weighted by molar-refractivity contribution is -0.112. The van der Waals surface area contributed by atoms with E-state index in [-0.39, 0.29) is 24.0 Å². The van der Waals surface area contributed by atoms with Crippen molar-refractivity contribution in [2.45, 2.75) is 37.8 Å². The number of nitrogens with zero attached hydrogens (tertiary/aromatic N) is 4. The molecule has 0 N–H and O–H groups in total. The van der Waals surface area contributed by atoms with Crippen LogP contribution >= 0.6 is 0 Å². The Kier molecular flexibility index (Phi) is 2.77. The van der Waals surface area contributed by atoms with Crippen LogP contribution in [0.4, 0.5) is 4.79 Å². The Morgan fingerprint density at radius 1 is 1.19 bits per heavy atom. The quantitative estimate of drug-likeness (QED) is 0.749. The zero-order valence-electron chi connectivity index (χ0n) is 11.6. The van der Waals surface area contributed by atoms with Gasteiger partial charge in [0, 0.05) is 18.0 Å². The highest BCUT2D eigenvalue weighted by Crippen LogP contribution is 2.38. The summed E-state index contributed by atoms with van der Waals surface area (Å²) in [5.41, 5.74) is 1.46. The van der Waals surface area contributed by atoms with Crippen LogP contribution in [-0.2, 0) is 4.79 Å². The van der Waals surface area contributed by atoms with Gasteiger partial charge in [-0.05, 0) is 37.8 Å². The van der Waals surface area contributed by atoms with E-state index in [1.165, 1.54) is 4.68 Å². The molecular formula is C15H16N4O2. The molecule has 2 saturated heterocycles. The fraction of sp³-hybridized carbons (Fsp3) is 0.467. The maximum Gasteiger partial charge on any atom is 0.347 e. The van der Waals surface area contributed by atoms with E-state index >= 15 is 0 Å². The van der Waals surface area contributed by atoms with Gasteiger partial charge < -0.3 is 9.69 Å². The highest BCUT2D eigenvalue weighted by molar-refractivity contribution is 5.88. The molecule has 0 spiro atoms. The molecule has 6 nitrogen and oxygen atoms in total. The number of hydrogen-bond acceptors (Lipinski definition) is 4. The van der Waals surface area contributed by atoms with Gasteiger partial charge in [0.15, 0.2) is 0 Å². The first-order chi connectivity index (χ1) is 10.3. The third-order valence-electron chi connectivity index (χ3n) is 4.72. The molecule has 2 aliphatic rings. The molecule has 2 fully saturated rings. The van der Waals surface area contributed by atoms with Gasteiger partial charge in [-0.3, -0.25) is 0 Å². The highest BCUT2D eigenvalue weighted by Gasteiger charge is 2.44. The molecule has 108 valence electrons. The lowest BCUT2D eigenvalue weighted by Crippen LogP contribution is -2.48. The minimum absolute atomic E-state index is 0.0963. The summed E-state index contributed by atoms with van der Waals surface area (Å²) in [6, 6.07) is 7.67. The van der Waals surface area contributed by atoms with Crippen LogP contribution in [0.25, 0.3) is 11.0 Å². The summed E-state index contributed by atoms with van der Waals surface area (Å²) >= 11 is 0. The maximum atomic E-state index is 12.8. The molecule has 3 heterocycles. The fourth-order valence-corrected chi connectivity index (χ4v) is 3.76. The Balaban J connectivity index is 1.68. The Hall–Kier alpha value is -2.24. The molecule has 2 unspecified atom stereocenters. The van der Waals surface area contributed by atoms with E-state index in [0.29, 0.717) is 0 Å². The molecule has 2 aromatic rings. The average Bonchev–Trinajstić information content (AvgIpc) is 3.05. The van der Waals surface area contributed by atoms with Crippen LogP contribution in [0.5, 0.6) is 0 Å². The molecule has 4 rings (SSSR count). The number of amides is 1. The second kappa shape index (κ2) is 4.65. The first-order valence-corrected chi connectivity index (χ1v) is 7.36. The summed E-state index contributed by atoms with van der Waals surface area (Å²) in [5.74, 6) is 0.0963. The number of rotatable bonds is 1. The third kappa shape index (κ3) is 1.86. The molecule has 2 atom stereocenters. The zero-order chi connectivity index (χ0) is 14.4. The summed E-state index contributed by atoms with van der Waals surface area (Å²) in [7, 11) is 0. The van der Waals surface area contributed by atoms with Gasteiger partial charge in [0.1, 0.15) is 11.8 Å². The topological polar surface area (TPSA) is 68.1 Å². The minimum Gasteiger partial charge on any atom is -0.317 e. The van der Waals surface area contributed by atoms with Gasteiger partial charge in [0.25, 0.3) is 0 Å². The summed E-state index contributed by atoms with van der Waals surface area (Å²) in [5, 5.41) is 8.06. The fourth-order valence-electron chi connectivity index (χ4n) is 3.76. The van der Waals surface area contributed by atoms with Gasteiger partial charge in [-0.2, -0.15) is 4.68 Å². The van der Waals surface area contributed by atoms with Gasteiger partial charge in [-0.15, -0.1) is 5.10 Å². The van der Waals surface area contributed by atoms with Crippen LogP contribution in [0.1, 0.15) is 25.7 Å². The van der Waals surface area contributed by atoms with Crippen LogP contribution < -0.4 is 0 Å². The monoisotopic (exact) mass is 284 g/mol. The first-order valence-electron chi connectivity index (χ1n) is 7.36. The van der Waals surface area contributed by atoms with Gasteiger partial charge in [-0.1, -0.05) is 17.3 Å². The number of aromatic nitrogens is 3. The van der Waals surface area contributed by atoms with E-state index in [2.05, 4.69) is 10.3 Å². The van der Waals surface area contributed by atoms with E-state index in [1.807, 2.05) is 29.2 Å². The van der Waals surface area contributed by atoms with Gasteiger partial charge in [0.2, 0.25) is 0 Å². The molecular weight excluding hydrogens is 268 g/mol. The van der Waals surface area contributed by atoms with E-state index < -0.39 is 0 Å². The van der Waals surface area contributed by atoms with Crippen molar-refractivity contribution < 1.29 is 9.59 Å². The van der Waals surface area contributed by atoms with Crippen molar-refractivity contribution >= 4 is 23.4 Å². The number of hydrogen-bond donors (Lipinski definition) is 0. The third-order valence-corrected chi connectivity index (χ3v) is 4.72. The SMILES string of the molecule is O=CC1CC2CCC(C1)N2C(=O)n1nnc2ccccc21. The normalized spacial score (nSPS) is 28.0. The van der Waals surface area contributed by atoms with Gasteiger partial charge >= 0.3 is 6.03 Å². The highest BCUT2D eigenvalue weighted by atomic mass is 16.2. The van der Waals surface area contributed by atoms with Crippen LogP contribution in [0.15, 0.2) is 24.3 Å². The maximum absolute atomic E-state index is 12.8. The number of carbonyl (C=O) groups excluding carboxylic acids is 2. The molecule has 2 aliphatic heterocycles. The van der Waals surface area contributed by atoms with Crippen molar-refractivity contribution in [3.05, 3.63) is 24.3 Å². The lowest BCUT2D eigenvalue weighted by Gasteiger charge is -2.36. The van der Waals surface area contributed by atoms with Crippen molar-refractivity contribution in [1.29, 1.82) is 0 Å². The summed E-state index contributed by atoms with van der Waals surface area (Å²) < 4.78 is 1.39. The second-order valence-electron chi connectivity index (χ2n) is 5.93. The smallest absolute Gasteiger partial charge is 0.317 e. The van der Waals surface area contributed by atoms with Crippen LogP contribution in [0, 0.1) is 5.92 Å². The van der Waals surface area contributed by atoms with Crippen LogP contribution in [0.3, 0.4) is 0 Å². The summed E-state index contributed by atoms with van der Waals surface area (Å²) in [6.45, 7) is 0. The van der Waals surface area contributed by atoms with Crippen molar-refractivity contribution in [2.75, 3.05) is 0 Å². The molecule has 2 bridgehead atoms. The molecule has 6 heteroatoms. The Morgan fingerprint density at radius 3 is 2.62 bits per heavy atom. The number of piperidine rings is 1. The minimum atomic E-state index is -0.111. The van der Waals surface area contributed by atoms with E-state index in [4.69, 9.17) is 0 Å². The molecule has 21 heavy (non-hydrogen) atoms. The van der Waals surface area contributed by atoms with Crippen molar-refractivity contribution in [3.8, 4) is 0 Å². The number of benzene rings is 1. The largest absolute Gasteiger partial charge is 0.347 e. The summed E-state index contributed by atoms with van der Waals surface area (Å²) in [4.78, 5) is 25.8.